The molecule has 0 amide bonds. The lowest BCUT2D eigenvalue weighted by atomic mass is 10.2. The fourth-order valence-corrected chi connectivity index (χ4v) is 2.60. The molecule has 1 aliphatic heterocycles. The Kier molecular flexibility index (Phi) is 2.93. The summed E-state index contributed by atoms with van der Waals surface area (Å²) in [5.41, 5.74) is 6.62. The van der Waals surface area contributed by atoms with Crippen LogP contribution in [0.4, 0.5) is 0 Å². The molecule has 3 nitrogen and oxygen atoms in total. The van der Waals surface area contributed by atoms with Crippen LogP contribution in [0, 0.1) is 0 Å². The molecule has 0 saturated carbocycles. The largest absolute Gasteiger partial charge is 0.330 e. The van der Waals surface area contributed by atoms with Crippen LogP contribution in [0.5, 0.6) is 0 Å². The summed E-state index contributed by atoms with van der Waals surface area (Å²) in [6, 6.07) is 0.511. The molecule has 1 aliphatic rings. The summed E-state index contributed by atoms with van der Waals surface area (Å²) in [5, 5.41) is 6.81. The van der Waals surface area contributed by atoms with Crippen LogP contribution in [-0.2, 0) is 6.42 Å². The Labute approximate surface area is 82.4 Å². The second kappa shape index (κ2) is 4.17. The summed E-state index contributed by atoms with van der Waals surface area (Å²) in [5.74, 6) is 0. The number of hydrogen-bond acceptors (Lipinski definition) is 4. The minimum Gasteiger partial charge on any atom is -0.330 e. The van der Waals surface area contributed by atoms with E-state index in [9.17, 15) is 0 Å². The van der Waals surface area contributed by atoms with E-state index in [0.717, 1.165) is 18.7 Å². The Morgan fingerprint density at radius 1 is 1.69 bits per heavy atom. The Hall–Kier alpha value is -0.450. The topological polar surface area (TPSA) is 50.9 Å². The molecule has 4 heteroatoms. The van der Waals surface area contributed by atoms with Gasteiger partial charge in [-0.15, -0.1) is 11.3 Å². The van der Waals surface area contributed by atoms with Gasteiger partial charge in [0.1, 0.15) is 5.01 Å². The van der Waals surface area contributed by atoms with Crippen LogP contribution in [-0.4, -0.2) is 18.1 Å². The number of aromatic nitrogens is 1. The molecule has 0 aromatic carbocycles. The monoisotopic (exact) mass is 197 g/mol. The molecule has 0 bridgehead atoms. The summed E-state index contributed by atoms with van der Waals surface area (Å²) >= 11 is 1.76. The number of nitrogens with two attached hydrogens (primary N) is 1. The normalized spacial score (nSPS) is 22.4. The van der Waals surface area contributed by atoms with Crippen LogP contribution in [0.2, 0.25) is 0 Å². The Morgan fingerprint density at radius 3 is 3.31 bits per heavy atom. The highest BCUT2D eigenvalue weighted by atomic mass is 32.1. The van der Waals surface area contributed by atoms with Gasteiger partial charge in [-0.1, -0.05) is 0 Å². The van der Waals surface area contributed by atoms with Crippen molar-refractivity contribution in [3.8, 4) is 0 Å². The summed E-state index contributed by atoms with van der Waals surface area (Å²) in [7, 11) is 0. The van der Waals surface area contributed by atoms with Crippen LogP contribution < -0.4 is 11.1 Å². The minimum absolute atomic E-state index is 0.511. The lowest BCUT2D eigenvalue weighted by Crippen LogP contribution is -2.12. The van der Waals surface area contributed by atoms with Crippen molar-refractivity contribution in [3.63, 3.8) is 0 Å². The zero-order valence-electron chi connectivity index (χ0n) is 7.62. The molecule has 1 unspecified atom stereocenters. The van der Waals surface area contributed by atoms with Crippen molar-refractivity contribution < 1.29 is 0 Å². The van der Waals surface area contributed by atoms with Gasteiger partial charge in [-0.2, -0.15) is 0 Å². The van der Waals surface area contributed by atoms with E-state index in [2.05, 4.69) is 15.7 Å². The van der Waals surface area contributed by atoms with Crippen molar-refractivity contribution in [1.29, 1.82) is 0 Å². The molecular formula is C9H15N3S. The first-order valence-corrected chi connectivity index (χ1v) is 5.66. The Balaban J connectivity index is 2.03. The summed E-state index contributed by atoms with van der Waals surface area (Å²) in [6.45, 7) is 1.83. The summed E-state index contributed by atoms with van der Waals surface area (Å²) < 4.78 is 0. The standard InChI is InChI=1S/C9H15N3S/c10-4-3-7-6-13-9(12-7)8-2-1-5-11-8/h6,8,11H,1-5,10H2. The van der Waals surface area contributed by atoms with Crippen molar-refractivity contribution in [1.82, 2.24) is 10.3 Å². The maximum absolute atomic E-state index is 5.47. The van der Waals surface area contributed by atoms with Crippen molar-refractivity contribution >= 4 is 11.3 Å². The average molecular weight is 197 g/mol. The van der Waals surface area contributed by atoms with Gasteiger partial charge in [-0.3, -0.25) is 0 Å². The maximum atomic E-state index is 5.47. The maximum Gasteiger partial charge on any atom is 0.110 e. The van der Waals surface area contributed by atoms with Crippen LogP contribution in [0.3, 0.4) is 0 Å². The van der Waals surface area contributed by atoms with Crippen molar-refractivity contribution in [2.24, 2.45) is 5.73 Å². The highest BCUT2D eigenvalue weighted by Crippen LogP contribution is 2.25. The zero-order valence-corrected chi connectivity index (χ0v) is 8.44. The highest BCUT2D eigenvalue weighted by Gasteiger charge is 2.18. The van der Waals surface area contributed by atoms with Crippen LogP contribution in [0.25, 0.3) is 0 Å². The molecule has 2 heterocycles. The number of nitrogens with zero attached hydrogens (tertiary/aromatic N) is 1. The van der Waals surface area contributed by atoms with Gasteiger partial charge in [0.25, 0.3) is 0 Å². The lowest BCUT2D eigenvalue weighted by Gasteiger charge is -2.04. The predicted molar refractivity (Wildman–Crippen MR) is 54.9 cm³/mol. The van der Waals surface area contributed by atoms with E-state index >= 15 is 0 Å². The number of nitrogens with one attached hydrogen (secondary N) is 1. The SMILES string of the molecule is NCCc1csc(C2CCCN2)n1. The second-order valence-electron chi connectivity index (χ2n) is 3.36. The fourth-order valence-electron chi connectivity index (χ4n) is 1.64. The first-order valence-electron chi connectivity index (χ1n) is 4.78. The van der Waals surface area contributed by atoms with Gasteiger partial charge in [0.05, 0.1) is 11.7 Å². The third-order valence-electron chi connectivity index (χ3n) is 2.33. The molecule has 1 saturated heterocycles. The van der Waals surface area contributed by atoms with E-state index in [1.807, 2.05) is 0 Å². The highest BCUT2D eigenvalue weighted by molar-refractivity contribution is 7.09. The van der Waals surface area contributed by atoms with Gasteiger partial charge in [-0.25, -0.2) is 4.98 Å². The molecular weight excluding hydrogens is 182 g/mol. The van der Waals surface area contributed by atoms with Gasteiger partial charge in [0, 0.05) is 11.8 Å². The molecule has 1 aromatic rings. The van der Waals surface area contributed by atoms with Crippen LogP contribution >= 0.6 is 11.3 Å². The van der Waals surface area contributed by atoms with Gasteiger partial charge in [-0.05, 0) is 25.9 Å². The Bertz CT molecular complexity index is 266. The molecule has 2 rings (SSSR count). The molecule has 1 aromatic heterocycles. The number of hydrogen-bond donors (Lipinski definition) is 2. The average Bonchev–Trinajstić information content (AvgIpc) is 2.70. The quantitative estimate of drug-likeness (QED) is 0.762. The number of rotatable bonds is 3. The van der Waals surface area contributed by atoms with E-state index in [0.29, 0.717) is 12.6 Å². The minimum atomic E-state index is 0.511. The van der Waals surface area contributed by atoms with Gasteiger partial charge < -0.3 is 11.1 Å². The lowest BCUT2D eigenvalue weighted by molar-refractivity contribution is 0.640. The third-order valence-corrected chi connectivity index (χ3v) is 3.34. The van der Waals surface area contributed by atoms with Crippen molar-refractivity contribution in [2.75, 3.05) is 13.1 Å². The molecule has 0 aliphatic carbocycles. The smallest absolute Gasteiger partial charge is 0.110 e. The van der Waals surface area contributed by atoms with Gasteiger partial charge in [0.15, 0.2) is 0 Å². The molecule has 0 radical (unpaired) electrons. The molecule has 13 heavy (non-hydrogen) atoms. The first kappa shape index (κ1) is 9.12. The first-order chi connectivity index (χ1) is 6.40. The predicted octanol–water partition coefficient (Wildman–Crippen LogP) is 1.07. The Morgan fingerprint density at radius 2 is 2.62 bits per heavy atom. The summed E-state index contributed by atoms with van der Waals surface area (Å²) in [4.78, 5) is 4.56. The van der Waals surface area contributed by atoms with E-state index in [4.69, 9.17) is 5.73 Å². The zero-order chi connectivity index (χ0) is 9.10. The van der Waals surface area contributed by atoms with Crippen LogP contribution in [0.15, 0.2) is 5.38 Å². The van der Waals surface area contributed by atoms with E-state index in [1.54, 1.807) is 11.3 Å². The number of thiazole rings is 1. The van der Waals surface area contributed by atoms with Gasteiger partial charge >= 0.3 is 0 Å². The van der Waals surface area contributed by atoms with Crippen LogP contribution in [0.1, 0.15) is 29.6 Å². The molecule has 0 spiro atoms. The van der Waals surface area contributed by atoms with E-state index in [-0.39, 0.29) is 0 Å². The molecule has 72 valence electrons. The van der Waals surface area contributed by atoms with Crippen molar-refractivity contribution in [3.05, 3.63) is 16.1 Å². The molecule has 3 N–H and O–H groups in total. The molecule has 1 fully saturated rings. The summed E-state index contributed by atoms with van der Waals surface area (Å²) in [6.07, 6.45) is 3.41. The second-order valence-corrected chi connectivity index (χ2v) is 4.25. The third kappa shape index (κ3) is 2.07. The van der Waals surface area contributed by atoms with E-state index < -0.39 is 0 Å². The fraction of sp³-hybridized carbons (Fsp3) is 0.667. The molecule has 1 atom stereocenters. The van der Waals surface area contributed by atoms with E-state index in [1.165, 1.54) is 17.8 Å². The van der Waals surface area contributed by atoms with Gasteiger partial charge in [0.2, 0.25) is 0 Å². The van der Waals surface area contributed by atoms with Crippen molar-refractivity contribution in [2.45, 2.75) is 25.3 Å².